The molecule has 0 N–H and O–H groups in total. The van der Waals surface area contributed by atoms with Crippen LogP contribution in [0.1, 0.15) is 49.8 Å². The SMILES string of the molecule is O=C1c2ccccc2C(=O)N1CSc1nc2sc3c(c2c(=O)n1Cc1ccco1)CCCC3. The Hall–Kier alpha value is -3.17. The van der Waals surface area contributed by atoms with Crippen LogP contribution in [0.25, 0.3) is 10.2 Å². The summed E-state index contributed by atoms with van der Waals surface area (Å²) in [5.41, 5.74) is 1.85. The van der Waals surface area contributed by atoms with E-state index in [2.05, 4.69) is 0 Å². The van der Waals surface area contributed by atoms with Crippen LogP contribution in [0.3, 0.4) is 0 Å². The fraction of sp³-hybridized carbons (Fsp3) is 0.250. The molecule has 166 valence electrons. The number of carbonyl (C=O) groups excluding carboxylic acids is 2. The van der Waals surface area contributed by atoms with Gasteiger partial charge in [-0.2, -0.15) is 0 Å². The van der Waals surface area contributed by atoms with E-state index in [9.17, 15) is 14.4 Å². The number of rotatable bonds is 5. The lowest BCUT2D eigenvalue weighted by atomic mass is 9.97. The van der Waals surface area contributed by atoms with E-state index in [0.29, 0.717) is 27.4 Å². The van der Waals surface area contributed by atoms with Crippen molar-refractivity contribution in [3.8, 4) is 0 Å². The van der Waals surface area contributed by atoms with Crippen LogP contribution in [-0.4, -0.2) is 32.1 Å². The molecule has 3 aromatic heterocycles. The Labute approximate surface area is 197 Å². The van der Waals surface area contributed by atoms with Crippen LogP contribution < -0.4 is 5.56 Å². The number of nitrogens with zero attached hydrogens (tertiary/aromatic N) is 3. The molecule has 2 amide bonds. The van der Waals surface area contributed by atoms with E-state index >= 15 is 0 Å². The second-order valence-corrected chi connectivity index (χ2v) is 10.1. The molecular weight excluding hydrogens is 458 g/mol. The van der Waals surface area contributed by atoms with Crippen LogP contribution in [0.5, 0.6) is 0 Å². The van der Waals surface area contributed by atoms with Crippen LogP contribution in [0.2, 0.25) is 0 Å². The maximum atomic E-state index is 13.6. The zero-order chi connectivity index (χ0) is 22.5. The number of imide groups is 1. The number of benzene rings is 1. The number of hydrogen-bond acceptors (Lipinski definition) is 7. The number of carbonyl (C=O) groups is 2. The first-order valence-electron chi connectivity index (χ1n) is 10.8. The van der Waals surface area contributed by atoms with Crippen molar-refractivity contribution in [3.05, 3.63) is 80.3 Å². The van der Waals surface area contributed by atoms with E-state index in [1.165, 1.54) is 21.5 Å². The van der Waals surface area contributed by atoms with Crippen LogP contribution >= 0.6 is 23.1 Å². The summed E-state index contributed by atoms with van der Waals surface area (Å²) in [6.07, 6.45) is 5.65. The summed E-state index contributed by atoms with van der Waals surface area (Å²) < 4.78 is 7.10. The molecule has 33 heavy (non-hydrogen) atoms. The predicted molar refractivity (Wildman–Crippen MR) is 126 cm³/mol. The van der Waals surface area contributed by atoms with Gasteiger partial charge in [-0.3, -0.25) is 23.9 Å². The van der Waals surface area contributed by atoms with Gasteiger partial charge in [0, 0.05) is 4.88 Å². The highest BCUT2D eigenvalue weighted by Crippen LogP contribution is 2.35. The average molecular weight is 478 g/mol. The van der Waals surface area contributed by atoms with Gasteiger partial charge in [-0.15, -0.1) is 11.3 Å². The molecule has 4 heterocycles. The molecule has 0 fully saturated rings. The van der Waals surface area contributed by atoms with Crippen molar-refractivity contribution in [2.45, 2.75) is 37.4 Å². The predicted octanol–water partition coefficient (Wildman–Crippen LogP) is 4.32. The molecule has 1 aromatic carbocycles. The van der Waals surface area contributed by atoms with Gasteiger partial charge in [-0.1, -0.05) is 23.9 Å². The molecule has 0 saturated heterocycles. The maximum Gasteiger partial charge on any atom is 0.263 e. The number of thioether (sulfide) groups is 1. The normalized spacial score (nSPS) is 15.3. The zero-order valence-corrected chi connectivity index (χ0v) is 19.2. The Balaban J connectivity index is 1.39. The summed E-state index contributed by atoms with van der Waals surface area (Å²) in [7, 11) is 0. The van der Waals surface area contributed by atoms with Crippen LogP contribution in [0.15, 0.2) is 57.0 Å². The minimum absolute atomic E-state index is 0.0769. The first-order valence-corrected chi connectivity index (χ1v) is 12.6. The number of amides is 2. The Morgan fingerprint density at radius 1 is 1.00 bits per heavy atom. The van der Waals surface area contributed by atoms with Gasteiger partial charge in [0.1, 0.15) is 10.6 Å². The minimum Gasteiger partial charge on any atom is -0.467 e. The van der Waals surface area contributed by atoms with Crippen molar-refractivity contribution in [2.75, 3.05) is 5.88 Å². The lowest BCUT2D eigenvalue weighted by Crippen LogP contribution is -2.30. The van der Waals surface area contributed by atoms with E-state index in [1.807, 2.05) is 6.07 Å². The molecule has 2 aliphatic rings. The van der Waals surface area contributed by atoms with Gasteiger partial charge in [-0.05, 0) is 55.5 Å². The lowest BCUT2D eigenvalue weighted by molar-refractivity contribution is 0.0684. The highest BCUT2D eigenvalue weighted by atomic mass is 32.2. The molecule has 4 aromatic rings. The van der Waals surface area contributed by atoms with Crippen molar-refractivity contribution >= 4 is 45.1 Å². The molecule has 0 atom stereocenters. The smallest absolute Gasteiger partial charge is 0.263 e. The van der Waals surface area contributed by atoms with E-state index in [1.54, 1.807) is 52.5 Å². The molecule has 0 spiro atoms. The van der Waals surface area contributed by atoms with Crippen molar-refractivity contribution in [1.29, 1.82) is 0 Å². The number of aromatic nitrogens is 2. The van der Waals surface area contributed by atoms with Crippen molar-refractivity contribution in [1.82, 2.24) is 14.5 Å². The van der Waals surface area contributed by atoms with Crippen molar-refractivity contribution in [3.63, 3.8) is 0 Å². The summed E-state index contributed by atoms with van der Waals surface area (Å²) in [6.45, 7) is 0.240. The quantitative estimate of drug-likeness (QED) is 0.242. The van der Waals surface area contributed by atoms with E-state index in [4.69, 9.17) is 9.40 Å². The summed E-state index contributed by atoms with van der Waals surface area (Å²) in [5, 5.41) is 1.17. The van der Waals surface area contributed by atoms with Crippen LogP contribution in [0.4, 0.5) is 0 Å². The van der Waals surface area contributed by atoms with Gasteiger partial charge >= 0.3 is 0 Å². The molecule has 1 aliphatic carbocycles. The third kappa shape index (κ3) is 3.34. The van der Waals surface area contributed by atoms with Crippen molar-refractivity contribution < 1.29 is 14.0 Å². The third-order valence-corrected chi connectivity index (χ3v) is 8.28. The maximum absolute atomic E-state index is 13.6. The average Bonchev–Trinajstić information content (AvgIpc) is 3.53. The third-order valence-electron chi connectivity index (χ3n) is 6.13. The van der Waals surface area contributed by atoms with E-state index < -0.39 is 0 Å². The minimum atomic E-state index is -0.323. The molecule has 0 radical (unpaired) electrons. The fourth-order valence-corrected chi connectivity index (χ4v) is 6.75. The van der Waals surface area contributed by atoms with Crippen LogP contribution in [-0.2, 0) is 19.4 Å². The van der Waals surface area contributed by atoms with E-state index in [0.717, 1.165) is 36.1 Å². The molecule has 0 unspecified atom stereocenters. The topological polar surface area (TPSA) is 85.4 Å². The second-order valence-electron chi connectivity index (χ2n) is 8.11. The Morgan fingerprint density at radius 3 is 2.48 bits per heavy atom. The molecule has 7 nitrogen and oxygen atoms in total. The number of furan rings is 1. The highest BCUT2D eigenvalue weighted by molar-refractivity contribution is 7.99. The lowest BCUT2D eigenvalue weighted by Gasteiger charge is -2.16. The van der Waals surface area contributed by atoms with Crippen LogP contribution in [0, 0.1) is 0 Å². The Kier molecular flexibility index (Phi) is 4.95. The standard InChI is InChI=1S/C24H19N3O4S2/c28-21-15-7-1-2-8-16(15)22(29)27(21)13-32-24-25-20-19(17-9-3-4-10-18(17)33-20)23(30)26(24)12-14-6-5-11-31-14/h1-2,5-8,11H,3-4,9-10,12-13H2. The monoisotopic (exact) mass is 477 g/mol. The molecule has 0 saturated carbocycles. The molecule has 0 bridgehead atoms. The summed E-state index contributed by atoms with van der Waals surface area (Å²) in [6, 6.07) is 10.4. The molecule has 1 aliphatic heterocycles. The molecule has 6 rings (SSSR count). The number of fused-ring (bicyclic) bond motifs is 4. The largest absolute Gasteiger partial charge is 0.467 e. The van der Waals surface area contributed by atoms with Gasteiger partial charge in [0.25, 0.3) is 17.4 Å². The van der Waals surface area contributed by atoms with Gasteiger partial charge in [0.2, 0.25) is 0 Å². The highest BCUT2D eigenvalue weighted by Gasteiger charge is 2.35. The molecule has 9 heteroatoms. The summed E-state index contributed by atoms with van der Waals surface area (Å²) in [4.78, 5) is 47.2. The fourth-order valence-electron chi connectivity index (χ4n) is 4.51. The van der Waals surface area contributed by atoms with Gasteiger partial charge in [-0.25, -0.2) is 4.98 Å². The van der Waals surface area contributed by atoms with Gasteiger partial charge in [0.05, 0.1) is 35.2 Å². The summed E-state index contributed by atoms with van der Waals surface area (Å²) >= 11 is 2.81. The molecular formula is C24H19N3O4S2. The summed E-state index contributed by atoms with van der Waals surface area (Å²) in [5.74, 6) is 0.0735. The number of thiophene rings is 1. The number of hydrogen-bond donors (Lipinski definition) is 0. The first-order chi connectivity index (χ1) is 16.1. The zero-order valence-electron chi connectivity index (χ0n) is 17.6. The van der Waals surface area contributed by atoms with Gasteiger partial charge < -0.3 is 4.42 Å². The number of aryl methyl sites for hydroxylation is 2. The Morgan fingerprint density at radius 2 is 1.76 bits per heavy atom. The Bertz CT molecular complexity index is 1430. The van der Waals surface area contributed by atoms with Crippen molar-refractivity contribution in [2.24, 2.45) is 0 Å². The first kappa shape index (κ1) is 20.4. The second kappa shape index (κ2) is 8.00. The van der Waals surface area contributed by atoms with E-state index in [-0.39, 0.29) is 29.8 Å². The van der Waals surface area contributed by atoms with Gasteiger partial charge in [0.15, 0.2) is 5.16 Å².